The first-order valence-electron chi connectivity index (χ1n) is 9.87. The van der Waals surface area contributed by atoms with Crippen LogP contribution >= 0.6 is 0 Å². The normalized spacial score (nSPS) is 15.7. The van der Waals surface area contributed by atoms with E-state index in [1.807, 2.05) is 44.2 Å². The molecule has 4 amide bonds. The van der Waals surface area contributed by atoms with Gasteiger partial charge in [-0.1, -0.05) is 30.3 Å². The third-order valence-corrected chi connectivity index (χ3v) is 4.53. The Bertz CT molecular complexity index is 916. The molecular formula is C22H25N3O5. The number of rotatable bonds is 9. The zero-order valence-electron chi connectivity index (χ0n) is 17.0. The Balaban J connectivity index is 1.66. The molecule has 30 heavy (non-hydrogen) atoms. The van der Waals surface area contributed by atoms with Gasteiger partial charge in [-0.2, -0.15) is 0 Å². The Morgan fingerprint density at radius 2 is 1.80 bits per heavy atom. The topological polar surface area (TPSA) is 97.0 Å². The molecular weight excluding hydrogens is 386 g/mol. The minimum atomic E-state index is -0.687. The summed E-state index contributed by atoms with van der Waals surface area (Å²) in [6, 6.07) is 13.2. The van der Waals surface area contributed by atoms with Crippen molar-refractivity contribution in [2.24, 2.45) is 0 Å². The number of carbonyl (C=O) groups excluding carboxylic acids is 3. The molecule has 8 nitrogen and oxygen atoms in total. The van der Waals surface area contributed by atoms with E-state index in [0.717, 1.165) is 10.5 Å². The first-order chi connectivity index (χ1) is 14.5. The minimum Gasteiger partial charge on any atom is -0.494 e. The van der Waals surface area contributed by atoms with E-state index in [4.69, 9.17) is 9.47 Å². The van der Waals surface area contributed by atoms with Crippen molar-refractivity contribution in [3.63, 3.8) is 0 Å². The van der Waals surface area contributed by atoms with Crippen LogP contribution in [0.3, 0.4) is 0 Å². The number of anilines is 1. The highest BCUT2D eigenvalue weighted by atomic mass is 16.5. The van der Waals surface area contributed by atoms with Gasteiger partial charge in [-0.3, -0.25) is 14.5 Å². The van der Waals surface area contributed by atoms with Crippen molar-refractivity contribution in [3.05, 3.63) is 54.1 Å². The maximum Gasteiger partial charge on any atom is 0.325 e. The maximum absolute atomic E-state index is 12.6. The molecule has 0 saturated carbocycles. The van der Waals surface area contributed by atoms with E-state index in [1.54, 1.807) is 18.2 Å². The van der Waals surface area contributed by atoms with E-state index in [9.17, 15) is 14.4 Å². The van der Waals surface area contributed by atoms with Crippen molar-refractivity contribution in [2.75, 3.05) is 25.1 Å². The largest absolute Gasteiger partial charge is 0.494 e. The zero-order chi connectivity index (χ0) is 21.5. The summed E-state index contributed by atoms with van der Waals surface area (Å²) >= 11 is 0. The van der Waals surface area contributed by atoms with Gasteiger partial charge in [0, 0.05) is 12.5 Å². The molecule has 1 atom stereocenters. The lowest BCUT2D eigenvalue weighted by atomic mass is 10.1. The van der Waals surface area contributed by atoms with E-state index in [-0.39, 0.29) is 6.54 Å². The predicted octanol–water partition coefficient (Wildman–Crippen LogP) is 2.59. The smallest absolute Gasteiger partial charge is 0.325 e. The highest BCUT2D eigenvalue weighted by molar-refractivity contribution is 6.08. The summed E-state index contributed by atoms with van der Waals surface area (Å²) in [5, 5.41) is 5.35. The lowest BCUT2D eigenvalue weighted by molar-refractivity contribution is -0.130. The molecule has 158 valence electrons. The highest BCUT2D eigenvalue weighted by Gasteiger charge is 2.38. The van der Waals surface area contributed by atoms with Crippen molar-refractivity contribution in [1.82, 2.24) is 10.2 Å². The van der Waals surface area contributed by atoms with Crippen LogP contribution in [0.25, 0.3) is 0 Å². The fourth-order valence-electron chi connectivity index (χ4n) is 3.19. The van der Waals surface area contributed by atoms with E-state index in [1.165, 1.54) is 0 Å². The van der Waals surface area contributed by atoms with Crippen molar-refractivity contribution in [1.29, 1.82) is 0 Å². The number of benzene rings is 2. The first-order valence-corrected chi connectivity index (χ1v) is 9.87. The summed E-state index contributed by atoms with van der Waals surface area (Å²) in [5.74, 6) is 0.128. The molecule has 0 aromatic heterocycles. The van der Waals surface area contributed by atoms with Gasteiger partial charge >= 0.3 is 6.03 Å². The summed E-state index contributed by atoms with van der Waals surface area (Å²) < 4.78 is 11.0. The molecule has 1 aliphatic rings. The van der Waals surface area contributed by atoms with Crippen LogP contribution < -0.4 is 20.1 Å². The maximum atomic E-state index is 12.6. The number of carbonyl (C=O) groups is 3. The van der Waals surface area contributed by atoms with Crippen LogP contribution in [0, 0.1) is 0 Å². The van der Waals surface area contributed by atoms with Gasteiger partial charge in [0.2, 0.25) is 5.91 Å². The molecule has 1 unspecified atom stereocenters. The molecule has 1 aliphatic heterocycles. The molecule has 2 N–H and O–H groups in total. The average molecular weight is 411 g/mol. The Hall–Kier alpha value is -3.55. The lowest BCUT2D eigenvalue weighted by Crippen LogP contribution is -2.38. The average Bonchev–Trinajstić information content (AvgIpc) is 2.98. The monoisotopic (exact) mass is 411 g/mol. The van der Waals surface area contributed by atoms with E-state index in [2.05, 4.69) is 10.6 Å². The fraction of sp³-hybridized carbons (Fsp3) is 0.318. The molecule has 3 rings (SSSR count). The second-order valence-corrected chi connectivity index (χ2v) is 6.69. The SMILES string of the molecule is CCOc1ccc(OCC)c(NC(=O)CN2C(=O)NC(Cc3ccccc3)C2=O)c1. The molecule has 0 bridgehead atoms. The quantitative estimate of drug-likeness (QED) is 0.618. The van der Waals surface area contributed by atoms with Gasteiger partial charge < -0.3 is 20.1 Å². The molecule has 8 heteroatoms. The molecule has 0 radical (unpaired) electrons. The Kier molecular flexibility index (Phi) is 6.90. The van der Waals surface area contributed by atoms with Gasteiger partial charge in [-0.25, -0.2) is 4.79 Å². The Morgan fingerprint density at radius 1 is 1.07 bits per heavy atom. The van der Waals surface area contributed by atoms with Gasteiger partial charge in [-0.15, -0.1) is 0 Å². The Morgan fingerprint density at radius 3 is 2.50 bits per heavy atom. The van der Waals surface area contributed by atoms with Crippen molar-refractivity contribution in [3.8, 4) is 11.5 Å². The van der Waals surface area contributed by atoms with Crippen LogP contribution in [0.4, 0.5) is 10.5 Å². The summed E-state index contributed by atoms with van der Waals surface area (Å²) in [4.78, 5) is 38.4. The number of hydrogen-bond acceptors (Lipinski definition) is 5. The summed E-state index contributed by atoms with van der Waals surface area (Å²) in [6.07, 6.45) is 0.369. The lowest BCUT2D eigenvalue weighted by Gasteiger charge is -2.16. The molecule has 2 aromatic carbocycles. The Labute approximate surface area is 175 Å². The zero-order valence-corrected chi connectivity index (χ0v) is 17.0. The van der Waals surface area contributed by atoms with Crippen LogP contribution in [0.15, 0.2) is 48.5 Å². The first kappa shape index (κ1) is 21.2. The fourth-order valence-corrected chi connectivity index (χ4v) is 3.19. The number of nitrogens with one attached hydrogen (secondary N) is 2. The predicted molar refractivity (Wildman–Crippen MR) is 112 cm³/mol. The highest BCUT2D eigenvalue weighted by Crippen LogP contribution is 2.29. The molecule has 0 spiro atoms. The standard InChI is InChI=1S/C22H25N3O5/c1-3-29-16-10-11-19(30-4-2)17(13-16)23-20(26)14-25-21(27)18(24-22(25)28)12-15-8-6-5-7-9-15/h5-11,13,18H,3-4,12,14H2,1-2H3,(H,23,26)(H,24,28). The van der Waals surface area contributed by atoms with Crippen molar-refractivity contribution < 1.29 is 23.9 Å². The van der Waals surface area contributed by atoms with Gasteiger partial charge in [-0.05, 0) is 31.5 Å². The van der Waals surface area contributed by atoms with Crippen LogP contribution in [-0.2, 0) is 16.0 Å². The minimum absolute atomic E-state index is 0.369. The van der Waals surface area contributed by atoms with Gasteiger partial charge in [0.25, 0.3) is 5.91 Å². The van der Waals surface area contributed by atoms with Crippen LogP contribution in [-0.4, -0.2) is 48.5 Å². The molecule has 1 heterocycles. The number of imide groups is 1. The third-order valence-electron chi connectivity index (χ3n) is 4.53. The van der Waals surface area contributed by atoms with Gasteiger partial charge in [0.05, 0.1) is 18.9 Å². The second-order valence-electron chi connectivity index (χ2n) is 6.69. The van der Waals surface area contributed by atoms with Crippen LogP contribution in [0.5, 0.6) is 11.5 Å². The number of hydrogen-bond donors (Lipinski definition) is 2. The van der Waals surface area contributed by atoms with Gasteiger partial charge in [0.1, 0.15) is 24.1 Å². The second kappa shape index (κ2) is 9.78. The molecule has 2 aromatic rings. The third kappa shape index (κ3) is 5.08. The molecule has 0 aliphatic carbocycles. The summed E-state index contributed by atoms with van der Waals surface area (Å²) in [7, 11) is 0. The number of ether oxygens (including phenoxy) is 2. The molecule has 1 fully saturated rings. The molecule has 1 saturated heterocycles. The van der Waals surface area contributed by atoms with Gasteiger partial charge in [0.15, 0.2) is 0 Å². The van der Waals surface area contributed by atoms with Crippen molar-refractivity contribution in [2.45, 2.75) is 26.3 Å². The van der Waals surface area contributed by atoms with Crippen LogP contribution in [0.1, 0.15) is 19.4 Å². The van der Waals surface area contributed by atoms with Crippen molar-refractivity contribution >= 4 is 23.5 Å². The van der Waals surface area contributed by atoms with Crippen LogP contribution in [0.2, 0.25) is 0 Å². The van der Waals surface area contributed by atoms with E-state index in [0.29, 0.717) is 36.8 Å². The number of nitrogens with zero attached hydrogens (tertiary/aromatic N) is 1. The van der Waals surface area contributed by atoms with E-state index >= 15 is 0 Å². The number of urea groups is 1. The number of amides is 4. The summed E-state index contributed by atoms with van der Waals surface area (Å²) in [6.45, 7) is 4.21. The van der Waals surface area contributed by atoms with E-state index < -0.39 is 23.9 Å². The summed E-state index contributed by atoms with van der Waals surface area (Å²) in [5.41, 5.74) is 1.34.